The summed E-state index contributed by atoms with van der Waals surface area (Å²) in [5.74, 6) is -0.383. The van der Waals surface area contributed by atoms with Crippen LogP contribution in [-0.2, 0) is 25.7 Å². The molecule has 0 aromatic heterocycles. The predicted octanol–water partition coefficient (Wildman–Crippen LogP) is 8.63. The van der Waals surface area contributed by atoms with Gasteiger partial charge in [-0.05, 0) is 110 Å². The molecule has 4 saturated carbocycles. The van der Waals surface area contributed by atoms with Gasteiger partial charge in [0.1, 0.15) is 11.9 Å². The van der Waals surface area contributed by atoms with E-state index < -0.39 is 22.9 Å². The van der Waals surface area contributed by atoms with E-state index in [2.05, 4.69) is 59.1 Å². The molecule has 0 bridgehead atoms. The van der Waals surface area contributed by atoms with Crippen molar-refractivity contribution >= 4 is 23.8 Å². The minimum absolute atomic E-state index is 0.0127. The fourth-order valence-electron chi connectivity index (χ4n) is 12.5. The summed E-state index contributed by atoms with van der Waals surface area (Å²) in [6.07, 6.45) is 7.45. The molecule has 1 aromatic rings. The third kappa shape index (κ3) is 5.95. The minimum atomic E-state index is -1.17. The predicted molar refractivity (Wildman–Crippen MR) is 197 cm³/mol. The lowest BCUT2D eigenvalue weighted by Crippen LogP contribution is -2.65. The normalized spacial score (nSPS) is 37.1. The summed E-state index contributed by atoms with van der Waals surface area (Å²) in [4.78, 5) is 52.3. The molecule has 1 aromatic carbocycles. The number of ether oxygens (including phenoxy) is 1. The molecule has 5 aliphatic rings. The number of esters is 1. The highest BCUT2D eigenvalue weighted by Crippen LogP contribution is 2.75. The van der Waals surface area contributed by atoms with Crippen LogP contribution in [0.5, 0.6) is 0 Å². The summed E-state index contributed by atoms with van der Waals surface area (Å²) in [5.41, 5.74) is 1.59. The standard InChI is InChI=1S/C43H62N2O6/c1-26(2)34-29(46)23-43(45-37(50)44-25-27-13-11-10-12-14-27)22-21-41(8)28(35(34)43)15-16-31-40(7)19-18-32(51-33(47)24-38(3,4)36(48)49)39(5,6)30(40)17-20-42(31,41)9/h10-14,26,30-32,34H,15-25H2,1-9H3,(H,48,49)(H2,44,45,50)/t30-,31+,32-,34?,40-,41+,42+,43+/m0/s1. The summed E-state index contributed by atoms with van der Waals surface area (Å²) in [5, 5.41) is 16.1. The average molecular weight is 703 g/mol. The van der Waals surface area contributed by atoms with Crippen molar-refractivity contribution in [3.05, 3.63) is 47.0 Å². The smallest absolute Gasteiger partial charge is 0.315 e. The number of nitrogens with one attached hydrogen (secondary N) is 2. The maximum atomic E-state index is 13.9. The molecule has 1 unspecified atom stereocenters. The van der Waals surface area contributed by atoms with Gasteiger partial charge in [-0.2, -0.15) is 0 Å². The Kier molecular flexibility index (Phi) is 9.40. The molecule has 0 radical (unpaired) electrons. The van der Waals surface area contributed by atoms with Gasteiger partial charge in [0.25, 0.3) is 0 Å². The number of allylic oxidation sites excluding steroid dienone is 1. The number of urea groups is 1. The second-order valence-electron chi connectivity index (χ2n) is 19.3. The Bertz CT molecular complexity index is 1610. The average Bonchev–Trinajstić information content (AvgIpc) is 3.33. The van der Waals surface area contributed by atoms with Crippen molar-refractivity contribution in [3.63, 3.8) is 0 Å². The summed E-state index contributed by atoms with van der Waals surface area (Å²) in [6.45, 7) is 19.9. The van der Waals surface area contributed by atoms with E-state index in [9.17, 15) is 24.3 Å². The third-order valence-corrected chi connectivity index (χ3v) is 15.4. The molecule has 3 N–H and O–H groups in total. The van der Waals surface area contributed by atoms with Gasteiger partial charge in [-0.3, -0.25) is 14.4 Å². The van der Waals surface area contributed by atoms with E-state index >= 15 is 0 Å². The Balaban J connectivity index is 1.29. The van der Waals surface area contributed by atoms with Gasteiger partial charge in [-0.15, -0.1) is 0 Å². The largest absolute Gasteiger partial charge is 0.481 e. The number of hydrogen-bond acceptors (Lipinski definition) is 5. The van der Waals surface area contributed by atoms with Gasteiger partial charge in [0.05, 0.1) is 17.4 Å². The molecule has 51 heavy (non-hydrogen) atoms. The van der Waals surface area contributed by atoms with E-state index in [0.717, 1.165) is 56.9 Å². The monoisotopic (exact) mass is 702 g/mol. The van der Waals surface area contributed by atoms with Crippen molar-refractivity contribution in [2.75, 3.05) is 0 Å². The number of carbonyl (C=O) groups excluding carboxylic acids is 3. The number of carbonyl (C=O) groups is 4. The zero-order valence-electron chi connectivity index (χ0n) is 32.5. The second-order valence-corrected chi connectivity index (χ2v) is 19.3. The van der Waals surface area contributed by atoms with Gasteiger partial charge < -0.3 is 20.5 Å². The van der Waals surface area contributed by atoms with E-state index in [1.54, 1.807) is 13.8 Å². The summed E-state index contributed by atoms with van der Waals surface area (Å²) in [6, 6.07) is 9.70. The first-order valence-corrected chi connectivity index (χ1v) is 19.5. The molecule has 6 rings (SSSR count). The number of carboxylic acids is 1. The molecule has 280 valence electrons. The number of benzene rings is 1. The maximum Gasteiger partial charge on any atom is 0.315 e. The van der Waals surface area contributed by atoms with Crippen LogP contribution in [0, 0.1) is 50.7 Å². The van der Waals surface area contributed by atoms with Crippen molar-refractivity contribution in [3.8, 4) is 0 Å². The topological polar surface area (TPSA) is 122 Å². The van der Waals surface area contributed by atoms with Gasteiger partial charge in [0.2, 0.25) is 0 Å². The van der Waals surface area contributed by atoms with Crippen molar-refractivity contribution in [2.45, 2.75) is 145 Å². The van der Waals surface area contributed by atoms with Gasteiger partial charge in [-0.1, -0.05) is 84.4 Å². The number of amides is 2. The highest BCUT2D eigenvalue weighted by atomic mass is 16.5. The Morgan fingerprint density at radius 1 is 0.941 bits per heavy atom. The molecular weight excluding hydrogens is 640 g/mol. The lowest BCUT2D eigenvalue weighted by atomic mass is 9.34. The molecule has 4 fully saturated rings. The first-order chi connectivity index (χ1) is 23.7. The van der Waals surface area contributed by atoms with Crippen molar-refractivity contribution in [2.24, 2.45) is 50.7 Å². The number of aliphatic carboxylic acids is 1. The molecule has 0 spiro atoms. The van der Waals surface area contributed by atoms with E-state index in [-0.39, 0.29) is 57.8 Å². The molecular formula is C43H62N2O6. The van der Waals surface area contributed by atoms with Crippen LogP contribution in [0.3, 0.4) is 0 Å². The number of rotatable bonds is 8. The van der Waals surface area contributed by atoms with Crippen molar-refractivity contribution in [1.82, 2.24) is 10.6 Å². The van der Waals surface area contributed by atoms with Crippen molar-refractivity contribution in [1.29, 1.82) is 0 Å². The van der Waals surface area contributed by atoms with Crippen LogP contribution in [0.2, 0.25) is 0 Å². The molecule has 5 aliphatic carbocycles. The zero-order valence-corrected chi connectivity index (χ0v) is 32.5. The van der Waals surface area contributed by atoms with Gasteiger partial charge >= 0.3 is 18.0 Å². The van der Waals surface area contributed by atoms with E-state index in [1.807, 2.05) is 30.3 Å². The first kappa shape index (κ1) is 37.6. The lowest BCUT2D eigenvalue weighted by molar-refractivity contribution is -0.214. The summed E-state index contributed by atoms with van der Waals surface area (Å²) in [7, 11) is 0. The van der Waals surface area contributed by atoms with E-state index in [1.165, 1.54) is 11.1 Å². The third-order valence-electron chi connectivity index (χ3n) is 15.4. The molecule has 0 heterocycles. The highest BCUT2D eigenvalue weighted by molar-refractivity contribution is 5.92. The summed E-state index contributed by atoms with van der Waals surface area (Å²) < 4.78 is 6.15. The number of carboxylic acid groups (broad SMARTS) is 1. The van der Waals surface area contributed by atoms with Gasteiger partial charge in [0.15, 0.2) is 0 Å². The quantitative estimate of drug-likeness (QED) is 0.184. The molecule has 8 atom stereocenters. The maximum absolute atomic E-state index is 13.9. The van der Waals surface area contributed by atoms with Crippen LogP contribution >= 0.6 is 0 Å². The Labute approximate surface area is 305 Å². The van der Waals surface area contributed by atoms with Crippen LogP contribution in [0.1, 0.15) is 132 Å². The lowest BCUT2D eigenvalue weighted by Gasteiger charge is -2.70. The van der Waals surface area contributed by atoms with Gasteiger partial charge in [0, 0.05) is 24.3 Å². The Morgan fingerprint density at radius 3 is 2.27 bits per heavy atom. The van der Waals surface area contributed by atoms with Crippen LogP contribution in [-0.4, -0.2) is 40.5 Å². The Hall–Kier alpha value is -3.16. The molecule has 0 saturated heterocycles. The fraction of sp³-hybridized carbons (Fsp3) is 0.721. The van der Waals surface area contributed by atoms with Gasteiger partial charge in [-0.25, -0.2) is 4.79 Å². The van der Waals surface area contributed by atoms with E-state index in [0.29, 0.717) is 24.8 Å². The number of Topliss-reactive ketones (excluding diaryl/α,β-unsaturated/α-hetero) is 1. The van der Waals surface area contributed by atoms with Crippen LogP contribution in [0.25, 0.3) is 0 Å². The second kappa shape index (κ2) is 12.8. The molecule has 8 heteroatoms. The minimum Gasteiger partial charge on any atom is -0.481 e. The zero-order chi connectivity index (χ0) is 37.4. The number of fused-ring (bicyclic) bond motifs is 6. The number of hydrogen-bond donors (Lipinski definition) is 3. The first-order valence-electron chi connectivity index (χ1n) is 19.5. The SMILES string of the molecule is CC(C)C1C(=O)C[C@]2(NC(=O)NCc3ccccc3)CC[C@]3(C)C(=C12)CC[C@@H]1[C@@]2(C)CC[C@H](OC(=O)CC(C)(C)C(=O)O)C(C)(C)[C@@H]2CC[C@]13C. The summed E-state index contributed by atoms with van der Waals surface area (Å²) >= 11 is 0. The van der Waals surface area contributed by atoms with E-state index in [4.69, 9.17) is 4.74 Å². The fourth-order valence-corrected chi connectivity index (χ4v) is 12.5. The van der Waals surface area contributed by atoms with Crippen molar-refractivity contribution < 1.29 is 29.0 Å². The van der Waals surface area contributed by atoms with Crippen LogP contribution in [0.4, 0.5) is 4.79 Å². The molecule has 8 nitrogen and oxygen atoms in total. The van der Waals surface area contributed by atoms with Crippen LogP contribution < -0.4 is 10.6 Å². The highest BCUT2D eigenvalue weighted by Gasteiger charge is 2.69. The molecule has 0 aliphatic heterocycles. The Morgan fingerprint density at radius 2 is 1.63 bits per heavy atom. The van der Waals surface area contributed by atoms with Crippen LogP contribution in [0.15, 0.2) is 41.5 Å². The molecule has 2 amide bonds. The number of ketones is 1.